The lowest BCUT2D eigenvalue weighted by Gasteiger charge is -2.10. The fraction of sp³-hybridized carbons (Fsp3) is 0.500. The quantitative estimate of drug-likeness (QED) is 0.814. The van der Waals surface area contributed by atoms with Crippen LogP contribution in [0.25, 0.3) is 0 Å². The van der Waals surface area contributed by atoms with E-state index in [-0.39, 0.29) is 0 Å². The molecule has 0 aromatic heterocycles. The molecule has 1 nitrogen and oxygen atoms in total. The standard InChI is InChI=1S/C12H16ClN/c1-8-6-9(2-5-11(8)13)7-12(14)10-3-4-10/h2,5-6,10,12H,3-4,7,14H2,1H3. The molecule has 1 unspecified atom stereocenters. The minimum atomic E-state index is 0.343. The van der Waals surface area contributed by atoms with Gasteiger partial charge in [-0.25, -0.2) is 0 Å². The molecule has 0 aliphatic heterocycles. The van der Waals surface area contributed by atoms with Crippen LogP contribution in [0, 0.1) is 12.8 Å². The third-order valence-electron chi connectivity index (χ3n) is 2.92. The van der Waals surface area contributed by atoms with Crippen molar-refractivity contribution in [2.75, 3.05) is 0 Å². The average molecular weight is 210 g/mol. The van der Waals surface area contributed by atoms with Crippen LogP contribution in [-0.4, -0.2) is 6.04 Å². The highest BCUT2D eigenvalue weighted by Gasteiger charge is 2.28. The van der Waals surface area contributed by atoms with Gasteiger partial charge in [-0.1, -0.05) is 23.7 Å². The molecule has 76 valence electrons. The number of nitrogens with two attached hydrogens (primary N) is 1. The van der Waals surface area contributed by atoms with Crippen LogP contribution in [0.3, 0.4) is 0 Å². The van der Waals surface area contributed by atoms with Gasteiger partial charge in [0.1, 0.15) is 0 Å². The Morgan fingerprint density at radius 2 is 2.21 bits per heavy atom. The highest BCUT2D eigenvalue weighted by Crippen LogP contribution is 2.33. The van der Waals surface area contributed by atoms with Crippen molar-refractivity contribution in [3.8, 4) is 0 Å². The van der Waals surface area contributed by atoms with Crippen LogP contribution in [0.4, 0.5) is 0 Å². The van der Waals surface area contributed by atoms with E-state index < -0.39 is 0 Å². The van der Waals surface area contributed by atoms with Crippen LogP contribution in [0.1, 0.15) is 24.0 Å². The molecule has 0 radical (unpaired) electrons. The van der Waals surface area contributed by atoms with E-state index in [4.69, 9.17) is 17.3 Å². The van der Waals surface area contributed by atoms with Gasteiger partial charge in [-0.05, 0) is 49.3 Å². The lowest BCUT2D eigenvalue weighted by atomic mass is 10.0. The van der Waals surface area contributed by atoms with E-state index in [0.717, 1.165) is 22.9 Å². The molecule has 0 saturated heterocycles. The Bertz CT molecular complexity index is 331. The third kappa shape index (κ3) is 2.28. The van der Waals surface area contributed by atoms with Crippen LogP contribution >= 0.6 is 11.6 Å². The molecule has 1 aromatic carbocycles. The molecule has 1 saturated carbocycles. The fourth-order valence-electron chi connectivity index (χ4n) is 1.80. The smallest absolute Gasteiger partial charge is 0.0435 e. The van der Waals surface area contributed by atoms with Gasteiger partial charge in [-0.15, -0.1) is 0 Å². The van der Waals surface area contributed by atoms with Crippen LogP contribution in [0.15, 0.2) is 18.2 Å². The van der Waals surface area contributed by atoms with Crippen LogP contribution in [-0.2, 0) is 6.42 Å². The molecule has 0 amide bonds. The van der Waals surface area contributed by atoms with E-state index in [1.165, 1.54) is 18.4 Å². The van der Waals surface area contributed by atoms with Gasteiger partial charge in [-0.3, -0.25) is 0 Å². The normalized spacial score (nSPS) is 18.2. The molecule has 2 N–H and O–H groups in total. The van der Waals surface area contributed by atoms with Crippen molar-refractivity contribution >= 4 is 11.6 Å². The number of benzene rings is 1. The average Bonchev–Trinajstić information content (AvgIpc) is 2.94. The first-order valence-electron chi connectivity index (χ1n) is 5.17. The van der Waals surface area contributed by atoms with Gasteiger partial charge in [0.15, 0.2) is 0 Å². The molecule has 1 aliphatic carbocycles. The molecule has 1 atom stereocenters. The summed E-state index contributed by atoms with van der Waals surface area (Å²) in [5, 5.41) is 0.841. The van der Waals surface area contributed by atoms with E-state index in [1.807, 2.05) is 13.0 Å². The highest BCUT2D eigenvalue weighted by molar-refractivity contribution is 6.31. The number of hydrogen-bond acceptors (Lipinski definition) is 1. The lowest BCUT2D eigenvalue weighted by molar-refractivity contribution is 0.591. The SMILES string of the molecule is Cc1cc(CC(N)C2CC2)ccc1Cl. The largest absolute Gasteiger partial charge is 0.327 e. The molecule has 0 heterocycles. The van der Waals surface area contributed by atoms with Crippen molar-refractivity contribution in [1.82, 2.24) is 0 Å². The number of rotatable bonds is 3. The summed E-state index contributed by atoms with van der Waals surface area (Å²) in [5.41, 5.74) is 8.52. The molecular formula is C12H16ClN. The Balaban J connectivity index is 2.04. The van der Waals surface area contributed by atoms with Crippen LogP contribution in [0.2, 0.25) is 5.02 Å². The summed E-state index contributed by atoms with van der Waals surface area (Å²) in [6.45, 7) is 2.04. The Morgan fingerprint density at radius 1 is 1.50 bits per heavy atom. The summed E-state index contributed by atoms with van der Waals surface area (Å²) in [6, 6.07) is 6.53. The van der Waals surface area contributed by atoms with Crippen LogP contribution in [0.5, 0.6) is 0 Å². The zero-order valence-corrected chi connectivity index (χ0v) is 9.22. The molecule has 14 heavy (non-hydrogen) atoms. The van der Waals surface area contributed by atoms with Crippen molar-refractivity contribution < 1.29 is 0 Å². The second-order valence-electron chi connectivity index (χ2n) is 4.29. The lowest BCUT2D eigenvalue weighted by Crippen LogP contribution is -2.24. The maximum Gasteiger partial charge on any atom is 0.0435 e. The first-order valence-corrected chi connectivity index (χ1v) is 5.55. The Kier molecular flexibility index (Phi) is 2.80. The summed E-state index contributed by atoms with van der Waals surface area (Å²) in [6.07, 6.45) is 3.62. The monoisotopic (exact) mass is 209 g/mol. The molecule has 2 rings (SSSR count). The topological polar surface area (TPSA) is 26.0 Å². The van der Waals surface area contributed by atoms with Gasteiger partial charge < -0.3 is 5.73 Å². The predicted molar refractivity (Wildman–Crippen MR) is 60.6 cm³/mol. The van der Waals surface area contributed by atoms with Gasteiger partial charge in [0.2, 0.25) is 0 Å². The second kappa shape index (κ2) is 3.92. The van der Waals surface area contributed by atoms with Crippen LogP contribution < -0.4 is 5.73 Å². The molecule has 0 spiro atoms. The van der Waals surface area contributed by atoms with Gasteiger partial charge in [-0.2, -0.15) is 0 Å². The van der Waals surface area contributed by atoms with E-state index in [2.05, 4.69) is 12.1 Å². The molecule has 1 aromatic rings. The summed E-state index contributed by atoms with van der Waals surface area (Å²) < 4.78 is 0. The summed E-state index contributed by atoms with van der Waals surface area (Å²) in [5.74, 6) is 0.769. The van der Waals surface area contributed by atoms with Crippen molar-refractivity contribution in [3.63, 3.8) is 0 Å². The van der Waals surface area contributed by atoms with Crippen molar-refractivity contribution in [2.45, 2.75) is 32.2 Å². The fourth-order valence-corrected chi connectivity index (χ4v) is 1.91. The zero-order valence-electron chi connectivity index (χ0n) is 8.46. The molecule has 0 bridgehead atoms. The molecule has 2 heteroatoms. The minimum absolute atomic E-state index is 0.343. The Morgan fingerprint density at radius 3 is 2.79 bits per heavy atom. The zero-order chi connectivity index (χ0) is 10.1. The number of hydrogen-bond donors (Lipinski definition) is 1. The molecule has 1 fully saturated rings. The molecule has 1 aliphatic rings. The van der Waals surface area contributed by atoms with Gasteiger partial charge >= 0.3 is 0 Å². The van der Waals surface area contributed by atoms with Crippen molar-refractivity contribution in [3.05, 3.63) is 34.3 Å². The van der Waals surface area contributed by atoms with Gasteiger partial charge in [0.25, 0.3) is 0 Å². The first kappa shape index (κ1) is 10.0. The maximum absolute atomic E-state index is 6.07. The minimum Gasteiger partial charge on any atom is -0.327 e. The van der Waals surface area contributed by atoms with Gasteiger partial charge in [0, 0.05) is 11.1 Å². The third-order valence-corrected chi connectivity index (χ3v) is 3.35. The van der Waals surface area contributed by atoms with E-state index in [9.17, 15) is 0 Å². The van der Waals surface area contributed by atoms with E-state index in [1.54, 1.807) is 0 Å². The van der Waals surface area contributed by atoms with E-state index in [0.29, 0.717) is 6.04 Å². The maximum atomic E-state index is 6.07. The molecular weight excluding hydrogens is 194 g/mol. The second-order valence-corrected chi connectivity index (χ2v) is 4.70. The van der Waals surface area contributed by atoms with Crippen molar-refractivity contribution in [2.24, 2.45) is 11.7 Å². The first-order chi connectivity index (χ1) is 6.66. The summed E-state index contributed by atoms with van der Waals surface area (Å²) >= 11 is 5.96. The predicted octanol–water partition coefficient (Wildman–Crippen LogP) is 2.93. The Labute approximate surface area is 90.3 Å². The summed E-state index contributed by atoms with van der Waals surface area (Å²) in [7, 11) is 0. The number of halogens is 1. The highest BCUT2D eigenvalue weighted by atomic mass is 35.5. The number of aryl methyl sites for hydroxylation is 1. The van der Waals surface area contributed by atoms with Gasteiger partial charge in [0.05, 0.1) is 0 Å². The Hall–Kier alpha value is -0.530. The summed E-state index contributed by atoms with van der Waals surface area (Å²) in [4.78, 5) is 0. The van der Waals surface area contributed by atoms with Crippen molar-refractivity contribution in [1.29, 1.82) is 0 Å². The van der Waals surface area contributed by atoms with E-state index >= 15 is 0 Å².